The predicted octanol–water partition coefficient (Wildman–Crippen LogP) is 0.815. The summed E-state index contributed by atoms with van der Waals surface area (Å²) in [6.07, 6.45) is 1.55. The fraction of sp³-hybridized carbons (Fsp3) is 0.100. The number of benzene rings is 1. The number of nitrogens with one attached hydrogen (secondary N) is 2. The summed E-state index contributed by atoms with van der Waals surface area (Å²) in [6, 6.07) is 3.33. The number of nitrogens with two attached hydrogens (primary N) is 1. The third-order valence-electron chi connectivity index (χ3n) is 2.55. The van der Waals surface area contributed by atoms with Crippen molar-refractivity contribution >= 4 is 32.7 Å². The lowest BCUT2D eigenvalue weighted by Crippen LogP contribution is -2.23. The number of aromatic nitrogens is 1. The Balaban J connectivity index is 2.25. The molecule has 0 saturated carbocycles. The van der Waals surface area contributed by atoms with Crippen LogP contribution in [0.3, 0.4) is 0 Å². The Morgan fingerprint density at radius 1 is 1.43 bits per heavy atom. The van der Waals surface area contributed by atoms with E-state index in [0.717, 1.165) is 23.1 Å². The van der Waals surface area contributed by atoms with Crippen LogP contribution >= 0.6 is 11.3 Å². The molecule has 0 bridgehead atoms. The van der Waals surface area contributed by atoms with Crippen LogP contribution in [0.15, 0.2) is 34.8 Å². The van der Waals surface area contributed by atoms with Gasteiger partial charge in [0.1, 0.15) is 5.69 Å². The highest BCUT2D eigenvalue weighted by Crippen LogP contribution is 2.26. The number of nitro groups is 1. The van der Waals surface area contributed by atoms with Crippen molar-refractivity contribution in [2.24, 2.45) is 5.84 Å². The summed E-state index contributed by atoms with van der Waals surface area (Å²) in [4.78, 5) is 14.6. The Bertz CT molecular complexity index is 745. The van der Waals surface area contributed by atoms with Gasteiger partial charge in [0, 0.05) is 23.7 Å². The van der Waals surface area contributed by atoms with Gasteiger partial charge < -0.3 is 5.43 Å². The van der Waals surface area contributed by atoms with E-state index in [1.54, 1.807) is 11.7 Å². The monoisotopic (exact) mass is 329 g/mol. The van der Waals surface area contributed by atoms with Gasteiger partial charge in [-0.1, -0.05) is 0 Å². The van der Waals surface area contributed by atoms with Gasteiger partial charge in [-0.05, 0) is 12.1 Å². The van der Waals surface area contributed by atoms with Gasteiger partial charge in [0.25, 0.3) is 5.69 Å². The van der Waals surface area contributed by atoms with E-state index < -0.39 is 14.9 Å². The Morgan fingerprint density at radius 2 is 2.19 bits per heavy atom. The first-order valence-electron chi connectivity index (χ1n) is 5.56. The molecule has 2 aromatic rings. The second-order valence-electron chi connectivity index (χ2n) is 3.87. The number of anilines is 1. The van der Waals surface area contributed by atoms with E-state index in [-0.39, 0.29) is 22.8 Å². The van der Waals surface area contributed by atoms with Gasteiger partial charge in [-0.15, -0.1) is 11.3 Å². The smallest absolute Gasteiger partial charge is 0.293 e. The molecule has 0 atom stereocenters. The molecule has 4 N–H and O–H groups in total. The summed E-state index contributed by atoms with van der Waals surface area (Å²) >= 11 is 1.31. The van der Waals surface area contributed by atoms with Gasteiger partial charge in [-0.2, -0.15) is 0 Å². The minimum absolute atomic E-state index is 0.0827. The van der Waals surface area contributed by atoms with Crippen molar-refractivity contribution in [1.29, 1.82) is 0 Å². The van der Waals surface area contributed by atoms with Crippen LogP contribution in [-0.2, 0) is 16.6 Å². The number of hydrogen-bond donors (Lipinski definition) is 3. The van der Waals surface area contributed by atoms with Crippen LogP contribution in [-0.4, -0.2) is 18.3 Å². The lowest BCUT2D eigenvalue weighted by atomic mass is 10.3. The van der Waals surface area contributed by atoms with E-state index >= 15 is 0 Å². The molecule has 1 heterocycles. The quantitative estimate of drug-likeness (QED) is 0.404. The molecule has 2 rings (SSSR count). The summed E-state index contributed by atoms with van der Waals surface area (Å²) in [6.45, 7) is 0.0926. The number of rotatable bonds is 6. The van der Waals surface area contributed by atoms with E-state index in [0.29, 0.717) is 0 Å². The van der Waals surface area contributed by atoms with E-state index in [1.807, 2.05) is 0 Å². The molecule has 0 fully saturated rings. The van der Waals surface area contributed by atoms with Crippen LogP contribution < -0.4 is 16.0 Å². The van der Waals surface area contributed by atoms with E-state index in [9.17, 15) is 18.5 Å². The minimum atomic E-state index is -3.80. The first-order valence-corrected chi connectivity index (χ1v) is 7.92. The van der Waals surface area contributed by atoms with Gasteiger partial charge in [0.15, 0.2) is 0 Å². The van der Waals surface area contributed by atoms with Crippen molar-refractivity contribution in [2.75, 3.05) is 5.43 Å². The third kappa shape index (κ3) is 3.52. The van der Waals surface area contributed by atoms with Gasteiger partial charge in [0.05, 0.1) is 15.3 Å². The zero-order chi connectivity index (χ0) is 15.5. The van der Waals surface area contributed by atoms with Crippen LogP contribution in [0.1, 0.15) is 4.88 Å². The molecule has 9 nitrogen and oxygen atoms in total. The molecule has 0 aliphatic rings. The minimum Gasteiger partial charge on any atom is -0.318 e. The second-order valence-corrected chi connectivity index (χ2v) is 6.61. The second kappa shape index (κ2) is 6.13. The summed E-state index contributed by atoms with van der Waals surface area (Å²) in [5, 5.41) is 10.8. The molecule has 112 valence electrons. The molecule has 0 aliphatic heterocycles. The molecule has 0 spiro atoms. The Labute approximate surface area is 124 Å². The highest BCUT2D eigenvalue weighted by molar-refractivity contribution is 7.89. The van der Waals surface area contributed by atoms with E-state index in [1.165, 1.54) is 11.3 Å². The standard InChI is InChI=1S/C10H11N5O4S2/c11-14-9-3-8(1-2-10(9)15(16)17)21(18,19)13-5-7-4-12-6-20-7/h1-4,6,13-14H,5,11H2. The molecular weight excluding hydrogens is 318 g/mol. The lowest BCUT2D eigenvalue weighted by Gasteiger charge is -2.08. The number of nitro benzene ring substituents is 1. The number of hydrogen-bond acceptors (Lipinski definition) is 8. The molecule has 11 heteroatoms. The predicted molar refractivity (Wildman–Crippen MR) is 77.0 cm³/mol. The molecule has 1 aromatic heterocycles. The highest BCUT2D eigenvalue weighted by atomic mass is 32.2. The Kier molecular flexibility index (Phi) is 4.47. The van der Waals surface area contributed by atoms with Crippen LogP contribution in [0, 0.1) is 10.1 Å². The zero-order valence-corrected chi connectivity index (χ0v) is 12.1. The summed E-state index contributed by atoms with van der Waals surface area (Å²) < 4.78 is 26.6. The van der Waals surface area contributed by atoms with Crippen LogP contribution in [0.5, 0.6) is 0 Å². The van der Waals surface area contributed by atoms with Gasteiger partial charge in [0.2, 0.25) is 10.0 Å². The summed E-state index contributed by atoms with van der Waals surface area (Å²) in [5.41, 5.74) is 3.32. The number of hydrazine groups is 1. The normalized spacial score (nSPS) is 11.3. The molecule has 0 aliphatic carbocycles. The van der Waals surface area contributed by atoms with Gasteiger partial charge >= 0.3 is 0 Å². The first kappa shape index (κ1) is 15.3. The number of sulfonamides is 1. The maximum atomic E-state index is 12.1. The maximum Gasteiger partial charge on any atom is 0.293 e. The molecule has 1 aromatic carbocycles. The third-order valence-corrected chi connectivity index (χ3v) is 4.73. The van der Waals surface area contributed by atoms with Crippen molar-refractivity contribution in [1.82, 2.24) is 9.71 Å². The summed E-state index contributed by atoms with van der Waals surface area (Å²) in [5.74, 6) is 5.18. The molecule has 0 amide bonds. The van der Waals surface area contributed by atoms with Crippen LogP contribution in [0.4, 0.5) is 11.4 Å². The highest BCUT2D eigenvalue weighted by Gasteiger charge is 2.20. The molecule has 0 saturated heterocycles. The van der Waals surface area contributed by atoms with Crippen molar-refractivity contribution in [3.05, 3.63) is 44.9 Å². The van der Waals surface area contributed by atoms with Crippen LogP contribution in [0.2, 0.25) is 0 Å². The molecule has 0 unspecified atom stereocenters. The topological polar surface area (TPSA) is 140 Å². The number of thiazole rings is 1. The fourth-order valence-electron chi connectivity index (χ4n) is 1.54. The van der Waals surface area contributed by atoms with Gasteiger partial charge in [-0.3, -0.25) is 20.9 Å². The zero-order valence-electron chi connectivity index (χ0n) is 10.5. The molecular formula is C10H11N5O4S2. The van der Waals surface area contributed by atoms with Crippen molar-refractivity contribution in [3.63, 3.8) is 0 Å². The molecule has 21 heavy (non-hydrogen) atoms. The van der Waals surface area contributed by atoms with Crippen molar-refractivity contribution in [2.45, 2.75) is 11.4 Å². The SMILES string of the molecule is NNc1cc(S(=O)(=O)NCc2cncs2)ccc1[N+](=O)[O-]. The number of nitrogen functional groups attached to an aromatic ring is 1. The lowest BCUT2D eigenvalue weighted by molar-refractivity contribution is -0.384. The van der Waals surface area contributed by atoms with E-state index in [4.69, 9.17) is 5.84 Å². The van der Waals surface area contributed by atoms with E-state index in [2.05, 4.69) is 15.1 Å². The van der Waals surface area contributed by atoms with Gasteiger partial charge in [-0.25, -0.2) is 13.1 Å². The fourth-order valence-corrected chi connectivity index (χ4v) is 3.19. The van der Waals surface area contributed by atoms with Crippen LogP contribution in [0.25, 0.3) is 0 Å². The Hall–Kier alpha value is -2.08. The molecule has 0 radical (unpaired) electrons. The largest absolute Gasteiger partial charge is 0.318 e. The maximum absolute atomic E-state index is 12.1. The van der Waals surface area contributed by atoms with Crippen molar-refractivity contribution in [3.8, 4) is 0 Å². The first-order chi connectivity index (χ1) is 9.94. The average molecular weight is 329 g/mol. The Morgan fingerprint density at radius 3 is 2.76 bits per heavy atom. The van der Waals surface area contributed by atoms with Crippen molar-refractivity contribution < 1.29 is 13.3 Å². The summed E-state index contributed by atoms with van der Waals surface area (Å²) in [7, 11) is -3.80. The average Bonchev–Trinajstić information content (AvgIpc) is 2.97. The number of nitrogens with zero attached hydrogens (tertiary/aromatic N) is 2.